The predicted molar refractivity (Wildman–Crippen MR) is 149 cm³/mol. The Balaban J connectivity index is 1.19. The quantitative estimate of drug-likeness (QED) is 0.311. The van der Waals surface area contributed by atoms with Crippen molar-refractivity contribution in [2.75, 3.05) is 13.2 Å². The van der Waals surface area contributed by atoms with E-state index in [4.69, 9.17) is 18.9 Å². The van der Waals surface area contributed by atoms with Crippen molar-refractivity contribution in [2.45, 2.75) is 61.5 Å². The Kier molecular flexibility index (Phi) is 9.24. The van der Waals surface area contributed by atoms with E-state index >= 15 is 0 Å². The van der Waals surface area contributed by atoms with Gasteiger partial charge >= 0.3 is 0 Å². The molecule has 0 aliphatic carbocycles. The van der Waals surface area contributed by atoms with Gasteiger partial charge in [0.25, 0.3) is 0 Å². The lowest BCUT2D eigenvalue weighted by Crippen LogP contribution is -2.38. The SMILES string of the molecule is C=Cc1ccccc1S(=O)(=O)NC[C@@H]1C[C@@H]2O[C@H](CCOCc3ccccc3)[C@@H](OCc3ccccc3)[C@@H]2O1. The number of fused-ring (bicyclic) bond motifs is 1. The molecular formula is C31H35NO6S. The van der Waals surface area contributed by atoms with E-state index in [0.717, 1.165) is 11.1 Å². The largest absolute Gasteiger partial charge is 0.377 e. The lowest BCUT2D eigenvalue weighted by Gasteiger charge is -2.24. The molecule has 0 bridgehead atoms. The predicted octanol–water partition coefficient (Wildman–Crippen LogP) is 4.73. The van der Waals surface area contributed by atoms with Crippen LogP contribution in [-0.2, 0) is 42.2 Å². The highest BCUT2D eigenvalue weighted by Gasteiger charge is 2.51. The highest BCUT2D eigenvalue weighted by atomic mass is 32.2. The molecule has 0 amide bonds. The van der Waals surface area contributed by atoms with Crippen molar-refractivity contribution in [3.05, 3.63) is 108 Å². The minimum Gasteiger partial charge on any atom is -0.377 e. The van der Waals surface area contributed by atoms with E-state index in [9.17, 15) is 8.42 Å². The molecule has 2 saturated heterocycles. The lowest BCUT2D eigenvalue weighted by molar-refractivity contribution is -0.0863. The van der Waals surface area contributed by atoms with E-state index in [1.54, 1.807) is 24.3 Å². The van der Waals surface area contributed by atoms with Crippen LogP contribution in [0.25, 0.3) is 6.08 Å². The molecule has 0 unspecified atom stereocenters. The van der Waals surface area contributed by atoms with Crippen molar-refractivity contribution in [2.24, 2.45) is 0 Å². The van der Waals surface area contributed by atoms with E-state index in [0.29, 0.717) is 38.2 Å². The number of sulfonamides is 1. The Morgan fingerprint density at radius 3 is 2.28 bits per heavy atom. The molecule has 1 N–H and O–H groups in total. The van der Waals surface area contributed by atoms with Crippen LogP contribution in [0.3, 0.4) is 0 Å². The van der Waals surface area contributed by atoms with Gasteiger partial charge in [0.05, 0.1) is 36.4 Å². The Labute approximate surface area is 230 Å². The monoisotopic (exact) mass is 549 g/mol. The molecule has 0 aromatic heterocycles. The molecule has 3 aromatic carbocycles. The number of rotatable bonds is 13. The summed E-state index contributed by atoms with van der Waals surface area (Å²) >= 11 is 0. The van der Waals surface area contributed by atoms with Gasteiger partial charge in [-0.25, -0.2) is 13.1 Å². The molecule has 39 heavy (non-hydrogen) atoms. The standard InChI is InChI=1S/C31H35NO6S/c1-2-25-15-9-10-16-29(25)39(33,34)32-20-26-19-28-31(37-26)30(36-22-24-13-7-4-8-14-24)27(38-28)17-18-35-21-23-11-5-3-6-12-23/h2-16,26-28,30-32H,1,17-22H2/t26-,27+,28-,30+,31+/m0/s1. The van der Waals surface area contributed by atoms with Gasteiger partial charge in [-0.1, -0.05) is 91.5 Å². The third-order valence-electron chi connectivity index (χ3n) is 7.12. The van der Waals surface area contributed by atoms with Crippen LogP contribution in [0, 0.1) is 0 Å². The van der Waals surface area contributed by atoms with Gasteiger partial charge in [-0.2, -0.15) is 0 Å². The minimum absolute atomic E-state index is 0.153. The summed E-state index contributed by atoms with van der Waals surface area (Å²) < 4.78 is 53.6. The first kappa shape index (κ1) is 27.7. The number of benzene rings is 3. The summed E-state index contributed by atoms with van der Waals surface area (Å²) in [6.07, 6.45) is 1.60. The molecule has 2 heterocycles. The van der Waals surface area contributed by atoms with Crippen LogP contribution in [-0.4, -0.2) is 52.1 Å². The Morgan fingerprint density at radius 2 is 1.56 bits per heavy atom. The number of hydrogen-bond donors (Lipinski definition) is 1. The lowest BCUT2D eigenvalue weighted by atomic mass is 10.0. The number of nitrogens with one attached hydrogen (secondary N) is 1. The van der Waals surface area contributed by atoms with Crippen molar-refractivity contribution in [3.63, 3.8) is 0 Å². The normalized spacial score (nSPS) is 24.5. The van der Waals surface area contributed by atoms with E-state index < -0.39 is 10.0 Å². The highest BCUT2D eigenvalue weighted by Crippen LogP contribution is 2.37. The van der Waals surface area contributed by atoms with Gasteiger partial charge in [-0.3, -0.25) is 0 Å². The van der Waals surface area contributed by atoms with Gasteiger partial charge in [0.15, 0.2) is 0 Å². The second kappa shape index (κ2) is 13.0. The molecule has 0 saturated carbocycles. The molecule has 2 aliphatic heterocycles. The zero-order valence-corrected chi connectivity index (χ0v) is 22.7. The van der Waals surface area contributed by atoms with E-state index in [1.807, 2.05) is 60.7 Å². The van der Waals surface area contributed by atoms with Gasteiger partial charge in [-0.15, -0.1) is 0 Å². The van der Waals surface area contributed by atoms with Gasteiger partial charge in [0, 0.05) is 19.6 Å². The Hall–Kier alpha value is -2.85. The number of ether oxygens (including phenoxy) is 4. The molecular weight excluding hydrogens is 514 g/mol. The van der Waals surface area contributed by atoms with Crippen molar-refractivity contribution in [1.82, 2.24) is 4.72 Å². The fraction of sp³-hybridized carbons (Fsp3) is 0.355. The smallest absolute Gasteiger partial charge is 0.241 e. The summed E-state index contributed by atoms with van der Waals surface area (Å²) in [6, 6.07) is 26.9. The molecule has 206 valence electrons. The molecule has 2 aliphatic rings. The Bertz CT molecular complexity index is 1320. The summed E-state index contributed by atoms with van der Waals surface area (Å²) in [4.78, 5) is 0.203. The summed E-state index contributed by atoms with van der Waals surface area (Å²) in [7, 11) is -3.71. The van der Waals surface area contributed by atoms with Crippen LogP contribution in [0.1, 0.15) is 29.5 Å². The van der Waals surface area contributed by atoms with Gasteiger partial charge in [-0.05, 0) is 29.2 Å². The zero-order valence-electron chi connectivity index (χ0n) is 21.9. The van der Waals surface area contributed by atoms with Crippen molar-refractivity contribution < 1.29 is 27.4 Å². The first-order chi connectivity index (χ1) is 19.0. The average Bonchev–Trinajstić information content (AvgIpc) is 3.51. The molecule has 5 atom stereocenters. The number of hydrogen-bond acceptors (Lipinski definition) is 6. The summed E-state index contributed by atoms with van der Waals surface area (Å²) in [5, 5.41) is 0. The maximum Gasteiger partial charge on any atom is 0.241 e. The molecule has 0 radical (unpaired) electrons. The minimum atomic E-state index is -3.71. The molecule has 3 aromatic rings. The summed E-state index contributed by atoms with van der Waals surface area (Å²) in [5.74, 6) is 0. The fourth-order valence-corrected chi connectivity index (χ4v) is 6.44. The Morgan fingerprint density at radius 1 is 0.897 bits per heavy atom. The maximum absolute atomic E-state index is 13.0. The van der Waals surface area contributed by atoms with Crippen LogP contribution >= 0.6 is 0 Å². The maximum atomic E-state index is 13.0. The summed E-state index contributed by atoms with van der Waals surface area (Å²) in [5.41, 5.74) is 2.76. The van der Waals surface area contributed by atoms with E-state index in [1.165, 1.54) is 6.08 Å². The topological polar surface area (TPSA) is 83.1 Å². The second-order valence-corrected chi connectivity index (χ2v) is 11.6. The zero-order chi connectivity index (χ0) is 27.1. The van der Waals surface area contributed by atoms with Crippen LogP contribution < -0.4 is 4.72 Å². The highest BCUT2D eigenvalue weighted by molar-refractivity contribution is 7.89. The van der Waals surface area contributed by atoms with Gasteiger partial charge < -0.3 is 18.9 Å². The van der Waals surface area contributed by atoms with Crippen molar-refractivity contribution in [3.8, 4) is 0 Å². The molecule has 7 nitrogen and oxygen atoms in total. The third-order valence-corrected chi connectivity index (χ3v) is 8.62. The molecule has 8 heteroatoms. The first-order valence-electron chi connectivity index (χ1n) is 13.3. The fourth-order valence-electron chi connectivity index (χ4n) is 5.16. The van der Waals surface area contributed by atoms with Gasteiger partial charge in [0.2, 0.25) is 10.0 Å². The second-order valence-electron chi connectivity index (χ2n) is 9.85. The van der Waals surface area contributed by atoms with Crippen molar-refractivity contribution in [1.29, 1.82) is 0 Å². The van der Waals surface area contributed by atoms with Gasteiger partial charge in [0.1, 0.15) is 12.2 Å². The van der Waals surface area contributed by atoms with Crippen LogP contribution in [0.4, 0.5) is 0 Å². The third kappa shape index (κ3) is 7.03. The van der Waals surface area contributed by atoms with Crippen LogP contribution in [0.15, 0.2) is 96.4 Å². The van der Waals surface area contributed by atoms with Crippen LogP contribution in [0.5, 0.6) is 0 Å². The average molecular weight is 550 g/mol. The molecule has 0 spiro atoms. The first-order valence-corrected chi connectivity index (χ1v) is 14.8. The van der Waals surface area contributed by atoms with Crippen molar-refractivity contribution >= 4 is 16.1 Å². The van der Waals surface area contributed by atoms with Crippen LogP contribution in [0.2, 0.25) is 0 Å². The molecule has 5 rings (SSSR count). The summed E-state index contributed by atoms with van der Waals surface area (Å²) in [6.45, 7) is 5.40. The van der Waals surface area contributed by atoms with E-state index in [2.05, 4.69) is 11.3 Å². The van der Waals surface area contributed by atoms with E-state index in [-0.39, 0.29) is 42.0 Å². The molecule has 2 fully saturated rings.